The number of fused-ring (bicyclic) bond motifs is 1. The van der Waals surface area contributed by atoms with Crippen LogP contribution in [0.2, 0.25) is 0 Å². The van der Waals surface area contributed by atoms with Crippen LogP contribution in [0.5, 0.6) is 5.75 Å². The molecule has 1 aliphatic heterocycles. The standard InChI is InChI=1S/C19H27N3O3.ClH/c1-25-16-7-5-14(6-8-16)17(23)21-10-11-22-18(24)19-9-3-2-4-15(19)12-20-13-19;/h5-8,15,20H,2-4,9-13H2,1H3,(H,21,23)(H,22,24);1H/t15-,19+;/m0./s1. The zero-order valence-corrected chi connectivity index (χ0v) is 16.0. The molecule has 0 radical (unpaired) electrons. The average Bonchev–Trinajstić information content (AvgIpc) is 3.10. The van der Waals surface area contributed by atoms with Crippen molar-refractivity contribution in [2.24, 2.45) is 11.3 Å². The number of carbonyl (C=O) groups excluding carboxylic acids is 2. The Morgan fingerprint density at radius 3 is 2.65 bits per heavy atom. The average molecular weight is 382 g/mol. The van der Waals surface area contributed by atoms with Crippen LogP contribution in [0.3, 0.4) is 0 Å². The molecule has 1 aromatic carbocycles. The highest BCUT2D eigenvalue weighted by molar-refractivity contribution is 5.94. The van der Waals surface area contributed by atoms with Gasteiger partial charge in [0.2, 0.25) is 5.91 Å². The van der Waals surface area contributed by atoms with Crippen molar-refractivity contribution in [2.45, 2.75) is 25.7 Å². The summed E-state index contributed by atoms with van der Waals surface area (Å²) >= 11 is 0. The van der Waals surface area contributed by atoms with E-state index in [4.69, 9.17) is 4.74 Å². The molecule has 26 heavy (non-hydrogen) atoms. The zero-order valence-electron chi connectivity index (χ0n) is 15.2. The van der Waals surface area contributed by atoms with Crippen LogP contribution in [0.1, 0.15) is 36.0 Å². The summed E-state index contributed by atoms with van der Waals surface area (Å²) in [4.78, 5) is 24.8. The van der Waals surface area contributed by atoms with Crippen LogP contribution in [0.25, 0.3) is 0 Å². The van der Waals surface area contributed by atoms with Gasteiger partial charge in [0.15, 0.2) is 0 Å². The van der Waals surface area contributed by atoms with Crippen molar-refractivity contribution in [2.75, 3.05) is 33.3 Å². The smallest absolute Gasteiger partial charge is 0.251 e. The minimum Gasteiger partial charge on any atom is -0.497 e. The van der Waals surface area contributed by atoms with Crippen LogP contribution < -0.4 is 20.7 Å². The van der Waals surface area contributed by atoms with Gasteiger partial charge in [0.05, 0.1) is 12.5 Å². The van der Waals surface area contributed by atoms with Gasteiger partial charge in [-0.1, -0.05) is 12.8 Å². The number of amides is 2. The summed E-state index contributed by atoms with van der Waals surface area (Å²) < 4.78 is 5.08. The molecule has 1 saturated heterocycles. The quantitative estimate of drug-likeness (QED) is 0.656. The Hall–Kier alpha value is -1.79. The number of benzene rings is 1. The van der Waals surface area contributed by atoms with Crippen molar-refractivity contribution in [1.82, 2.24) is 16.0 Å². The second kappa shape index (κ2) is 9.24. The molecule has 1 heterocycles. The summed E-state index contributed by atoms with van der Waals surface area (Å²) in [7, 11) is 1.59. The molecule has 0 unspecified atom stereocenters. The first-order valence-corrected chi connectivity index (χ1v) is 9.07. The molecule has 2 fully saturated rings. The summed E-state index contributed by atoms with van der Waals surface area (Å²) in [6.07, 6.45) is 4.45. The molecule has 3 rings (SSSR count). The summed E-state index contributed by atoms with van der Waals surface area (Å²) in [6.45, 7) is 2.60. The topological polar surface area (TPSA) is 79.5 Å². The Kier molecular flexibility index (Phi) is 7.29. The van der Waals surface area contributed by atoms with Crippen molar-refractivity contribution in [3.8, 4) is 5.75 Å². The summed E-state index contributed by atoms with van der Waals surface area (Å²) in [5, 5.41) is 9.25. The number of carbonyl (C=O) groups is 2. The van der Waals surface area contributed by atoms with E-state index in [1.54, 1.807) is 31.4 Å². The van der Waals surface area contributed by atoms with Crippen molar-refractivity contribution in [3.05, 3.63) is 29.8 Å². The number of hydrogen-bond acceptors (Lipinski definition) is 4. The third kappa shape index (κ3) is 4.30. The largest absolute Gasteiger partial charge is 0.497 e. The lowest BCUT2D eigenvalue weighted by atomic mass is 9.67. The van der Waals surface area contributed by atoms with Gasteiger partial charge in [-0.2, -0.15) is 0 Å². The lowest BCUT2D eigenvalue weighted by Crippen LogP contribution is -2.49. The lowest BCUT2D eigenvalue weighted by Gasteiger charge is -2.37. The highest BCUT2D eigenvalue weighted by atomic mass is 35.5. The molecule has 7 heteroatoms. The second-order valence-electron chi connectivity index (χ2n) is 6.97. The first kappa shape index (κ1) is 20.5. The van der Waals surface area contributed by atoms with Gasteiger partial charge in [-0.05, 0) is 49.6 Å². The fourth-order valence-electron chi connectivity index (χ4n) is 4.06. The van der Waals surface area contributed by atoms with Gasteiger partial charge in [0, 0.05) is 25.2 Å². The van der Waals surface area contributed by atoms with Gasteiger partial charge in [-0.15, -0.1) is 12.4 Å². The fourth-order valence-corrected chi connectivity index (χ4v) is 4.06. The molecule has 0 bridgehead atoms. The van der Waals surface area contributed by atoms with Gasteiger partial charge >= 0.3 is 0 Å². The van der Waals surface area contributed by atoms with Crippen molar-refractivity contribution >= 4 is 24.2 Å². The Bertz CT molecular complexity index is 623. The number of ether oxygens (including phenoxy) is 1. The minimum atomic E-state index is -0.238. The van der Waals surface area contributed by atoms with Crippen LogP contribution in [0.15, 0.2) is 24.3 Å². The molecule has 2 amide bonds. The number of methoxy groups -OCH3 is 1. The summed E-state index contributed by atoms with van der Waals surface area (Å²) in [5.74, 6) is 1.17. The predicted octanol–water partition coefficient (Wildman–Crippen LogP) is 1.74. The molecular formula is C19H28ClN3O3. The molecule has 3 N–H and O–H groups in total. The predicted molar refractivity (Wildman–Crippen MR) is 103 cm³/mol. The summed E-state index contributed by atoms with van der Waals surface area (Å²) in [6, 6.07) is 6.96. The lowest BCUT2D eigenvalue weighted by molar-refractivity contribution is -0.133. The van der Waals surface area contributed by atoms with Crippen LogP contribution in [-0.2, 0) is 4.79 Å². The van der Waals surface area contributed by atoms with Gasteiger partial charge in [0.25, 0.3) is 5.91 Å². The molecule has 1 saturated carbocycles. The van der Waals surface area contributed by atoms with E-state index in [2.05, 4.69) is 16.0 Å². The maximum atomic E-state index is 12.7. The van der Waals surface area contributed by atoms with Crippen LogP contribution >= 0.6 is 12.4 Å². The molecule has 1 aliphatic carbocycles. The molecular weight excluding hydrogens is 354 g/mol. The number of halogens is 1. The normalized spacial score (nSPS) is 24.1. The van der Waals surface area contributed by atoms with E-state index < -0.39 is 0 Å². The van der Waals surface area contributed by atoms with Crippen LogP contribution in [-0.4, -0.2) is 45.1 Å². The monoisotopic (exact) mass is 381 g/mol. The third-order valence-electron chi connectivity index (χ3n) is 5.54. The van der Waals surface area contributed by atoms with Crippen LogP contribution in [0, 0.1) is 11.3 Å². The van der Waals surface area contributed by atoms with Crippen LogP contribution in [0.4, 0.5) is 0 Å². The van der Waals surface area contributed by atoms with E-state index in [1.807, 2.05) is 0 Å². The highest BCUT2D eigenvalue weighted by Gasteiger charge is 2.49. The van der Waals surface area contributed by atoms with E-state index in [0.717, 1.165) is 38.1 Å². The van der Waals surface area contributed by atoms with Gasteiger partial charge in [0.1, 0.15) is 5.75 Å². The first-order chi connectivity index (χ1) is 12.2. The van der Waals surface area contributed by atoms with Gasteiger partial charge in [-0.3, -0.25) is 9.59 Å². The van der Waals surface area contributed by atoms with E-state index in [1.165, 1.54) is 6.42 Å². The molecule has 6 nitrogen and oxygen atoms in total. The molecule has 2 aliphatic rings. The molecule has 2 atom stereocenters. The van der Waals surface area contributed by atoms with Gasteiger partial charge < -0.3 is 20.7 Å². The van der Waals surface area contributed by atoms with E-state index >= 15 is 0 Å². The highest BCUT2D eigenvalue weighted by Crippen LogP contribution is 2.43. The van der Waals surface area contributed by atoms with Gasteiger partial charge in [-0.25, -0.2) is 0 Å². The number of rotatable bonds is 6. The molecule has 0 spiro atoms. The number of hydrogen-bond donors (Lipinski definition) is 3. The van der Waals surface area contributed by atoms with Crippen molar-refractivity contribution < 1.29 is 14.3 Å². The third-order valence-corrected chi connectivity index (χ3v) is 5.54. The fraction of sp³-hybridized carbons (Fsp3) is 0.579. The Morgan fingerprint density at radius 1 is 1.19 bits per heavy atom. The maximum Gasteiger partial charge on any atom is 0.251 e. The van der Waals surface area contributed by atoms with E-state index in [9.17, 15) is 9.59 Å². The van der Waals surface area contributed by atoms with E-state index in [-0.39, 0.29) is 29.6 Å². The number of nitrogens with one attached hydrogen (secondary N) is 3. The Balaban J connectivity index is 0.00000243. The zero-order chi connectivity index (χ0) is 17.7. The Morgan fingerprint density at radius 2 is 1.92 bits per heavy atom. The first-order valence-electron chi connectivity index (χ1n) is 9.07. The minimum absolute atomic E-state index is 0. The SMILES string of the molecule is COc1ccc(C(=O)NCCNC(=O)[C@@]23CCCC[C@H]2CNC3)cc1.Cl. The molecule has 0 aromatic heterocycles. The van der Waals surface area contributed by atoms with Crippen molar-refractivity contribution in [1.29, 1.82) is 0 Å². The van der Waals surface area contributed by atoms with E-state index in [0.29, 0.717) is 24.6 Å². The van der Waals surface area contributed by atoms with Crippen molar-refractivity contribution in [3.63, 3.8) is 0 Å². The summed E-state index contributed by atoms with van der Waals surface area (Å²) in [5.41, 5.74) is 0.344. The second-order valence-corrected chi connectivity index (χ2v) is 6.97. The molecule has 144 valence electrons. The molecule has 1 aromatic rings. The maximum absolute atomic E-state index is 12.7. The Labute approximate surface area is 160 Å².